The summed E-state index contributed by atoms with van der Waals surface area (Å²) in [4.78, 5) is 38.2. The van der Waals surface area contributed by atoms with Crippen molar-refractivity contribution in [2.24, 2.45) is 0 Å². The summed E-state index contributed by atoms with van der Waals surface area (Å²) in [6, 6.07) is 0. The number of hydrogen-bond donors (Lipinski definition) is 0. The average molecular weight is 966 g/mol. The van der Waals surface area contributed by atoms with Gasteiger partial charge in [0.25, 0.3) is 0 Å². The summed E-state index contributed by atoms with van der Waals surface area (Å²) in [5.41, 5.74) is 0. The van der Waals surface area contributed by atoms with Crippen LogP contribution in [0.1, 0.15) is 303 Å². The smallest absolute Gasteiger partial charge is 0.306 e. The SMILES string of the molecule is CC/C=C\C/C=C\C/C=C\CCCCCCCC(=O)OCC(COC(=O)CCCCCCCCC/C=C\CCCCCCCCC)OC(=O)CCCCCCCCC/C=C\CCCCCCCCC. The second-order valence-corrected chi connectivity index (χ2v) is 19.9. The first kappa shape index (κ1) is 66.1. The molecule has 6 nitrogen and oxygen atoms in total. The van der Waals surface area contributed by atoms with Crippen molar-refractivity contribution in [3.63, 3.8) is 0 Å². The highest BCUT2D eigenvalue weighted by molar-refractivity contribution is 5.71. The van der Waals surface area contributed by atoms with Crippen molar-refractivity contribution in [3.05, 3.63) is 60.8 Å². The summed E-state index contributed by atoms with van der Waals surface area (Å²) in [6.07, 6.45) is 72.1. The molecule has 0 aliphatic carbocycles. The van der Waals surface area contributed by atoms with Crippen molar-refractivity contribution in [1.82, 2.24) is 0 Å². The number of allylic oxidation sites excluding steroid dienone is 10. The predicted molar refractivity (Wildman–Crippen MR) is 298 cm³/mol. The number of esters is 3. The zero-order chi connectivity index (χ0) is 50.0. The molecule has 0 amide bonds. The zero-order valence-electron chi connectivity index (χ0n) is 45.8. The van der Waals surface area contributed by atoms with Gasteiger partial charge in [0, 0.05) is 19.3 Å². The monoisotopic (exact) mass is 965 g/mol. The maximum absolute atomic E-state index is 12.9. The molecule has 69 heavy (non-hydrogen) atoms. The lowest BCUT2D eigenvalue weighted by Gasteiger charge is -2.18. The van der Waals surface area contributed by atoms with Crippen LogP contribution in [0.5, 0.6) is 0 Å². The maximum Gasteiger partial charge on any atom is 0.306 e. The predicted octanol–water partition coefficient (Wildman–Crippen LogP) is 20.0. The highest BCUT2D eigenvalue weighted by atomic mass is 16.6. The quantitative estimate of drug-likeness (QED) is 0.0262. The lowest BCUT2D eigenvalue weighted by Crippen LogP contribution is -2.30. The van der Waals surface area contributed by atoms with Crippen LogP contribution in [-0.4, -0.2) is 37.2 Å². The molecular formula is C63H112O6. The molecular weight excluding hydrogens is 853 g/mol. The molecule has 0 N–H and O–H groups in total. The van der Waals surface area contributed by atoms with Crippen LogP contribution in [0.2, 0.25) is 0 Å². The van der Waals surface area contributed by atoms with E-state index in [1.807, 2.05) is 0 Å². The molecule has 0 saturated heterocycles. The Morgan fingerprint density at radius 2 is 0.565 bits per heavy atom. The van der Waals surface area contributed by atoms with Crippen LogP contribution >= 0.6 is 0 Å². The largest absolute Gasteiger partial charge is 0.462 e. The van der Waals surface area contributed by atoms with E-state index in [1.54, 1.807) is 0 Å². The van der Waals surface area contributed by atoms with E-state index in [1.165, 1.54) is 167 Å². The van der Waals surface area contributed by atoms with Gasteiger partial charge in [-0.15, -0.1) is 0 Å². The van der Waals surface area contributed by atoms with Crippen molar-refractivity contribution in [1.29, 1.82) is 0 Å². The molecule has 0 rings (SSSR count). The highest BCUT2D eigenvalue weighted by Crippen LogP contribution is 2.16. The van der Waals surface area contributed by atoms with E-state index in [0.717, 1.165) is 96.3 Å². The van der Waals surface area contributed by atoms with Crippen LogP contribution in [0.3, 0.4) is 0 Å². The Labute approximate surface area is 428 Å². The second-order valence-electron chi connectivity index (χ2n) is 19.9. The van der Waals surface area contributed by atoms with Gasteiger partial charge in [-0.25, -0.2) is 0 Å². The molecule has 0 aromatic carbocycles. The van der Waals surface area contributed by atoms with Crippen LogP contribution in [-0.2, 0) is 28.6 Å². The van der Waals surface area contributed by atoms with Crippen molar-refractivity contribution in [2.45, 2.75) is 309 Å². The van der Waals surface area contributed by atoms with Gasteiger partial charge in [-0.3, -0.25) is 14.4 Å². The molecule has 0 bridgehead atoms. The van der Waals surface area contributed by atoms with Crippen molar-refractivity contribution < 1.29 is 28.6 Å². The third-order valence-electron chi connectivity index (χ3n) is 13.0. The molecule has 1 unspecified atom stereocenters. The van der Waals surface area contributed by atoms with Gasteiger partial charge in [0.15, 0.2) is 6.10 Å². The first-order valence-corrected chi connectivity index (χ1v) is 29.8. The second kappa shape index (κ2) is 57.7. The van der Waals surface area contributed by atoms with E-state index in [9.17, 15) is 14.4 Å². The van der Waals surface area contributed by atoms with E-state index in [-0.39, 0.29) is 31.1 Å². The van der Waals surface area contributed by atoms with Gasteiger partial charge in [0.2, 0.25) is 0 Å². The minimum absolute atomic E-state index is 0.0826. The van der Waals surface area contributed by atoms with Crippen LogP contribution in [0.25, 0.3) is 0 Å². The Morgan fingerprint density at radius 3 is 0.899 bits per heavy atom. The van der Waals surface area contributed by atoms with E-state index in [0.29, 0.717) is 19.3 Å². The summed E-state index contributed by atoms with van der Waals surface area (Å²) < 4.78 is 16.9. The third-order valence-corrected chi connectivity index (χ3v) is 13.0. The molecule has 0 heterocycles. The molecule has 0 aliphatic rings. The molecule has 0 aromatic heterocycles. The molecule has 0 aliphatic heterocycles. The number of ether oxygens (including phenoxy) is 3. The van der Waals surface area contributed by atoms with Crippen LogP contribution in [0, 0.1) is 0 Å². The molecule has 0 spiro atoms. The van der Waals surface area contributed by atoms with Gasteiger partial charge in [-0.2, -0.15) is 0 Å². The van der Waals surface area contributed by atoms with Crippen molar-refractivity contribution in [2.75, 3.05) is 13.2 Å². The Morgan fingerprint density at radius 1 is 0.304 bits per heavy atom. The Hall–Kier alpha value is -2.89. The number of carbonyl (C=O) groups is 3. The molecule has 0 radical (unpaired) electrons. The average Bonchev–Trinajstić information content (AvgIpc) is 3.35. The number of carbonyl (C=O) groups excluding carboxylic acids is 3. The normalized spacial score (nSPS) is 12.4. The third kappa shape index (κ3) is 55.9. The molecule has 1 atom stereocenters. The van der Waals surface area contributed by atoms with Gasteiger partial charge < -0.3 is 14.2 Å². The van der Waals surface area contributed by atoms with E-state index in [2.05, 4.69) is 81.5 Å². The molecule has 0 fully saturated rings. The fraction of sp³-hybridized carbons (Fsp3) is 0.794. The van der Waals surface area contributed by atoms with Gasteiger partial charge in [-0.1, -0.05) is 242 Å². The Balaban J connectivity index is 4.39. The van der Waals surface area contributed by atoms with Gasteiger partial charge in [-0.05, 0) is 103 Å². The molecule has 400 valence electrons. The van der Waals surface area contributed by atoms with Crippen LogP contribution < -0.4 is 0 Å². The topological polar surface area (TPSA) is 78.9 Å². The van der Waals surface area contributed by atoms with Gasteiger partial charge in [0.1, 0.15) is 13.2 Å². The lowest BCUT2D eigenvalue weighted by atomic mass is 10.1. The summed E-state index contributed by atoms with van der Waals surface area (Å²) in [7, 11) is 0. The highest BCUT2D eigenvalue weighted by Gasteiger charge is 2.19. The minimum atomic E-state index is -0.786. The fourth-order valence-corrected chi connectivity index (χ4v) is 8.51. The number of unbranched alkanes of at least 4 members (excludes halogenated alkanes) is 33. The van der Waals surface area contributed by atoms with E-state index < -0.39 is 6.10 Å². The van der Waals surface area contributed by atoms with Gasteiger partial charge >= 0.3 is 17.9 Å². The van der Waals surface area contributed by atoms with Crippen molar-refractivity contribution in [3.8, 4) is 0 Å². The number of hydrogen-bond acceptors (Lipinski definition) is 6. The summed E-state index contributed by atoms with van der Waals surface area (Å²) in [5.74, 6) is -0.896. The van der Waals surface area contributed by atoms with Crippen molar-refractivity contribution >= 4 is 17.9 Å². The summed E-state index contributed by atoms with van der Waals surface area (Å²) in [6.45, 7) is 6.53. The Kier molecular flexibility index (Phi) is 55.3. The van der Waals surface area contributed by atoms with E-state index >= 15 is 0 Å². The first-order valence-electron chi connectivity index (χ1n) is 29.8. The molecule has 0 saturated carbocycles. The number of rotatable bonds is 54. The summed E-state index contributed by atoms with van der Waals surface area (Å²) in [5, 5.41) is 0. The van der Waals surface area contributed by atoms with Crippen LogP contribution in [0.15, 0.2) is 60.8 Å². The lowest BCUT2D eigenvalue weighted by molar-refractivity contribution is -0.167. The molecule has 6 heteroatoms. The van der Waals surface area contributed by atoms with Crippen LogP contribution in [0.4, 0.5) is 0 Å². The maximum atomic E-state index is 12.9. The fourth-order valence-electron chi connectivity index (χ4n) is 8.51. The first-order chi connectivity index (χ1) is 34.0. The minimum Gasteiger partial charge on any atom is -0.462 e. The van der Waals surface area contributed by atoms with Gasteiger partial charge in [0.05, 0.1) is 0 Å². The van der Waals surface area contributed by atoms with E-state index in [4.69, 9.17) is 14.2 Å². The summed E-state index contributed by atoms with van der Waals surface area (Å²) >= 11 is 0. The molecule has 0 aromatic rings. The standard InChI is InChI=1S/C63H112O6/c1-4-7-10-13-16-19-22-25-28-30-32-35-38-41-44-47-50-53-56-62(65)68-59-60(58-67-61(64)55-52-49-46-43-40-37-34-27-24-21-18-15-12-9-6-3)69-63(66)57-54-51-48-45-42-39-36-33-31-29-26-23-20-17-14-11-8-5-2/h9,12,18,21,27-31,34,60H,4-8,10-11,13-17,19-20,22-26,32-33,35-59H2,1-3H3/b12-9-,21-18-,30-28-,31-29-,34-27-. The zero-order valence-corrected chi connectivity index (χ0v) is 45.8. The Bertz CT molecular complexity index is 1250.